The number of hydrogen-bond acceptors (Lipinski definition) is 4. The van der Waals surface area contributed by atoms with E-state index in [-0.39, 0.29) is 11.3 Å². The van der Waals surface area contributed by atoms with Crippen molar-refractivity contribution in [3.8, 4) is 0 Å². The Labute approximate surface area is 117 Å². The maximum absolute atomic E-state index is 11.9. The summed E-state index contributed by atoms with van der Waals surface area (Å²) in [5.41, 5.74) is 1.16. The maximum Gasteiger partial charge on any atom is 0.233 e. The Bertz CT molecular complexity index is 411. The monoisotopic (exact) mass is 285 g/mol. The number of carbonyl (C=O) groups excluding carboxylic acids is 1. The molecule has 1 saturated heterocycles. The minimum Gasteiger partial charge on any atom is -0.463 e. The van der Waals surface area contributed by atoms with Gasteiger partial charge in [0.25, 0.3) is 0 Å². The van der Waals surface area contributed by atoms with E-state index in [2.05, 4.69) is 12.3 Å². The number of hydrogen-bond donors (Lipinski definition) is 0. The lowest BCUT2D eigenvalue weighted by molar-refractivity contribution is -0.128. The summed E-state index contributed by atoms with van der Waals surface area (Å²) in [5, 5.41) is 0.0757. The fraction of sp³-hybridized carbons (Fsp3) is 0.615. The fourth-order valence-electron chi connectivity index (χ4n) is 2.03. The lowest BCUT2D eigenvalue weighted by Crippen LogP contribution is -2.29. The Morgan fingerprint density at radius 3 is 2.94 bits per heavy atom. The molecule has 0 radical (unpaired) electrons. The van der Waals surface area contributed by atoms with Gasteiger partial charge in [0.1, 0.15) is 16.9 Å². The molecule has 1 aromatic heterocycles. The summed E-state index contributed by atoms with van der Waals surface area (Å²) < 4.78 is 5.76. The highest BCUT2D eigenvalue weighted by Crippen LogP contribution is 2.40. The highest BCUT2D eigenvalue weighted by atomic mass is 32.2. The molecule has 2 heterocycles. The van der Waals surface area contributed by atoms with Crippen LogP contribution in [0.15, 0.2) is 10.5 Å². The zero-order valence-electron chi connectivity index (χ0n) is 11.1. The molecule has 0 aromatic carbocycles. The van der Waals surface area contributed by atoms with E-state index in [0.29, 0.717) is 5.75 Å². The molecule has 1 aliphatic heterocycles. The van der Waals surface area contributed by atoms with Gasteiger partial charge in [-0.05, 0) is 43.9 Å². The van der Waals surface area contributed by atoms with Crippen LogP contribution in [-0.4, -0.2) is 35.1 Å². The van der Waals surface area contributed by atoms with Crippen molar-refractivity contribution in [1.29, 1.82) is 0 Å². The van der Waals surface area contributed by atoms with E-state index in [0.717, 1.165) is 35.8 Å². The van der Waals surface area contributed by atoms with Crippen LogP contribution >= 0.6 is 23.5 Å². The Kier molecular flexibility index (Phi) is 4.67. The van der Waals surface area contributed by atoms with Gasteiger partial charge in [-0.1, -0.05) is 0 Å². The van der Waals surface area contributed by atoms with Gasteiger partial charge in [0, 0.05) is 6.54 Å². The van der Waals surface area contributed by atoms with E-state index in [4.69, 9.17) is 4.42 Å². The molecule has 5 heteroatoms. The number of amides is 1. The molecular formula is C13H19NO2S2. The predicted octanol–water partition coefficient (Wildman–Crippen LogP) is 3.22. The Morgan fingerprint density at radius 2 is 2.33 bits per heavy atom. The Morgan fingerprint density at radius 1 is 1.56 bits per heavy atom. The minimum atomic E-state index is 0.0757. The van der Waals surface area contributed by atoms with Crippen LogP contribution in [-0.2, 0) is 4.79 Å². The summed E-state index contributed by atoms with van der Waals surface area (Å²) in [6.07, 6.45) is 3.14. The molecule has 0 N–H and O–H groups in total. The number of aryl methyl sites for hydroxylation is 2. The number of rotatable bonds is 5. The standard InChI is InChI=1S/C13H19NO2S2/c1-9-7-11(16-10(9)2)13-14(5-4-6-17-3)12(15)8-18-13/h7,13H,4-6,8H2,1-3H3. The normalized spacial score (nSPS) is 19.8. The van der Waals surface area contributed by atoms with Crippen LogP contribution in [0.1, 0.15) is 28.9 Å². The molecule has 1 aromatic rings. The van der Waals surface area contributed by atoms with Crippen LogP contribution in [0.2, 0.25) is 0 Å². The Hall–Kier alpha value is -0.550. The molecule has 3 nitrogen and oxygen atoms in total. The van der Waals surface area contributed by atoms with Gasteiger partial charge in [0.15, 0.2) is 0 Å². The summed E-state index contributed by atoms with van der Waals surface area (Å²) in [5.74, 6) is 3.77. The molecule has 1 unspecified atom stereocenters. The second kappa shape index (κ2) is 6.06. The van der Waals surface area contributed by atoms with Crippen LogP contribution in [0.25, 0.3) is 0 Å². The van der Waals surface area contributed by atoms with Gasteiger partial charge in [-0.2, -0.15) is 11.8 Å². The fourth-order valence-corrected chi connectivity index (χ4v) is 3.60. The molecular weight excluding hydrogens is 266 g/mol. The average Bonchev–Trinajstić information content (AvgIpc) is 2.85. The lowest BCUT2D eigenvalue weighted by Gasteiger charge is -2.22. The van der Waals surface area contributed by atoms with Gasteiger partial charge in [-0.3, -0.25) is 4.79 Å². The van der Waals surface area contributed by atoms with Crippen molar-refractivity contribution in [3.63, 3.8) is 0 Å². The zero-order chi connectivity index (χ0) is 13.1. The third-order valence-electron chi connectivity index (χ3n) is 3.14. The van der Waals surface area contributed by atoms with Crippen molar-refractivity contribution in [3.05, 3.63) is 23.2 Å². The van der Waals surface area contributed by atoms with Crippen molar-refractivity contribution < 1.29 is 9.21 Å². The van der Waals surface area contributed by atoms with Crippen molar-refractivity contribution in [2.24, 2.45) is 0 Å². The zero-order valence-corrected chi connectivity index (χ0v) is 12.7. The summed E-state index contributed by atoms with van der Waals surface area (Å²) in [7, 11) is 0. The van der Waals surface area contributed by atoms with E-state index in [1.807, 2.05) is 30.5 Å². The van der Waals surface area contributed by atoms with Gasteiger partial charge in [0.2, 0.25) is 5.91 Å². The van der Waals surface area contributed by atoms with Crippen LogP contribution in [0.5, 0.6) is 0 Å². The molecule has 18 heavy (non-hydrogen) atoms. The first-order valence-electron chi connectivity index (χ1n) is 6.10. The minimum absolute atomic E-state index is 0.0757. The van der Waals surface area contributed by atoms with Crippen LogP contribution in [0, 0.1) is 13.8 Å². The lowest BCUT2D eigenvalue weighted by atomic mass is 10.2. The van der Waals surface area contributed by atoms with Gasteiger partial charge in [-0.25, -0.2) is 0 Å². The first-order chi connectivity index (χ1) is 8.63. The Balaban J connectivity index is 2.08. The van der Waals surface area contributed by atoms with Crippen LogP contribution < -0.4 is 0 Å². The van der Waals surface area contributed by atoms with E-state index >= 15 is 0 Å². The SMILES string of the molecule is CSCCCN1C(=O)CSC1c1cc(C)c(C)o1. The number of nitrogens with zero attached hydrogens (tertiary/aromatic N) is 1. The van der Waals surface area contributed by atoms with Gasteiger partial charge >= 0.3 is 0 Å². The van der Waals surface area contributed by atoms with Gasteiger partial charge < -0.3 is 9.32 Å². The molecule has 2 rings (SSSR count). The van der Waals surface area contributed by atoms with Crippen molar-refractivity contribution >= 4 is 29.4 Å². The molecule has 1 aliphatic rings. The first-order valence-corrected chi connectivity index (χ1v) is 8.54. The molecule has 1 amide bonds. The first kappa shape index (κ1) is 13.9. The van der Waals surface area contributed by atoms with Crippen molar-refractivity contribution in [2.45, 2.75) is 25.6 Å². The second-order valence-electron chi connectivity index (χ2n) is 4.48. The summed E-state index contributed by atoms with van der Waals surface area (Å²) in [6, 6.07) is 2.06. The second-order valence-corrected chi connectivity index (χ2v) is 6.54. The largest absolute Gasteiger partial charge is 0.463 e. The predicted molar refractivity (Wildman–Crippen MR) is 78.1 cm³/mol. The highest BCUT2D eigenvalue weighted by molar-refractivity contribution is 8.00. The third-order valence-corrected chi connectivity index (χ3v) is 5.06. The molecule has 0 spiro atoms. The molecule has 0 saturated carbocycles. The topological polar surface area (TPSA) is 33.5 Å². The van der Waals surface area contributed by atoms with Gasteiger partial charge in [0.05, 0.1) is 5.75 Å². The van der Waals surface area contributed by atoms with Gasteiger partial charge in [-0.15, -0.1) is 11.8 Å². The van der Waals surface area contributed by atoms with E-state index < -0.39 is 0 Å². The smallest absolute Gasteiger partial charge is 0.233 e. The number of thioether (sulfide) groups is 2. The van der Waals surface area contributed by atoms with Crippen LogP contribution in [0.4, 0.5) is 0 Å². The highest BCUT2D eigenvalue weighted by Gasteiger charge is 2.34. The molecule has 0 bridgehead atoms. The van der Waals surface area contributed by atoms with E-state index in [1.165, 1.54) is 0 Å². The summed E-state index contributed by atoms with van der Waals surface area (Å²) >= 11 is 3.49. The average molecular weight is 285 g/mol. The third kappa shape index (κ3) is 2.88. The van der Waals surface area contributed by atoms with Crippen molar-refractivity contribution in [2.75, 3.05) is 24.3 Å². The molecule has 1 atom stereocenters. The summed E-state index contributed by atoms with van der Waals surface area (Å²) in [4.78, 5) is 13.9. The number of carbonyl (C=O) groups is 1. The van der Waals surface area contributed by atoms with E-state index in [1.54, 1.807) is 11.8 Å². The molecule has 100 valence electrons. The van der Waals surface area contributed by atoms with Crippen molar-refractivity contribution in [1.82, 2.24) is 4.90 Å². The van der Waals surface area contributed by atoms with Crippen LogP contribution in [0.3, 0.4) is 0 Å². The maximum atomic E-state index is 11.9. The quantitative estimate of drug-likeness (QED) is 0.778. The van der Waals surface area contributed by atoms with E-state index in [9.17, 15) is 4.79 Å². The summed E-state index contributed by atoms with van der Waals surface area (Å²) in [6.45, 7) is 4.84. The number of furan rings is 1. The molecule has 1 fully saturated rings. The molecule has 0 aliphatic carbocycles.